The largest absolute Gasteiger partial charge is 0.496 e. The summed E-state index contributed by atoms with van der Waals surface area (Å²) in [6.07, 6.45) is 8.48. The number of carbonyl (C=O) groups excluding carboxylic acids is 2. The molecule has 3 heterocycles. The van der Waals surface area contributed by atoms with Crippen molar-refractivity contribution in [2.24, 2.45) is 0 Å². The summed E-state index contributed by atoms with van der Waals surface area (Å²) < 4.78 is 5.31. The summed E-state index contributed by atoms with van der Waals surface area (Å²) in [5.74, 6) is 0.540. The summed E-state index contributed by atoms with van der Waals surface area (Å²) in [6.45, 7) is 1.14. The molecule has 4 rings (SSSR count). The van der Waals surface area contributed by atoms with Crippen molar-refractivity contribution in [1.29, 1.82) is 0 Å². The van der Waals surface area contributed by atoms with Gasteiger partial charge in [-0.1, -0.05) is 24.3 Å². The van der Waals surface area contributed by atoms with Gasteiger partial charge in [-0.2, -0.15) is 0 Å². The summed E-state index contributed by atoms with van der Waals surface area (Å²) in [5.41, 5.74) is 9.81. The summed E-state index contributed by atoms with van der Waals surface area (Å²) in [5, 5.41) is 3.51. The van der Waals surface area contributed by atoms with Crippen LogP contribution in [0.3, 0.4) is 0 Å². The molecular formula is C25H26N4O3S. The zero-order chi connectivity index (χ0) is 23.2. The molecule has 0 fully saturated rings. The fourth-order valence-electron chi connectivity index (χ4n) is 3.81. The molecule has 0 unspecified atom stereocenters. The van der Waals surface area contributed by atoms with E-state index in [1.807, 2.05) is 41.3 Å². The van der Waals surface area contributed by atoms with Crippen molar-refractivity contribution in [1.82, 2.24) is 9.88 Å². The number of rotatable bonds is 7. The molecule has 2 amide bonds. The Morgan fingerprint density at radius 1 is 1.27 bits per heavy atom. The fourth-order valence-corrected chi connectivity index (χ4v) is 5.00. The molecule has 8 heteroatoms. The molecule has 0 bridgehead atoms. The van der Waals surface area contributed by atoms with Gasteiger partial charge in [0.25, 0.3) is 0 Å². The smallest absolute Gasteiger partial charge is 0.249 e. The Kier molecular flexibility index (Phi) is 7.04. The van der Waals surface area contributed by atoms with Gasteiger partial charge in [-0.3, -0.25) is 14.6 Å². The van der Waals surface area contributed by atoms with Gasteiger partial charge in [-0.05, 0) is 42.2 Å². The summed E-state index contributed by atoms with van der Waals surface area (Å²) in [6, 6.07) is 11.3. The lowest BCUT2D eigenvalue weighted by molar-refractivity contribution is -0.132. The van der Waals surface area contributed by atoms with E-state index in [1.54, 1.807) is 25.6 Å². The van der Waals surface area contributed by atoms with Gasteiger partial charge in [0.1, 0.15) is 10.8 Å². The lowest BCUT2D eigenvalue weighted by atomic mass is 10.1. The van der Waals surface area contributed by atoms with Crippen molar-refractivity contribution in [3.8, 4) is 5.75 Å². The Morgan fingerprint density at radius 3 is 2.91 bits per heavy atom. The molecule has 3 N–H and O–H groups in total. The number of hydrogen-bond acceptors (Lipinski definition) is 6. The normalized spacial score (nSPS) is 13.1. The number of amides is 2. The van der Waals surface area contributed by atoms with E-state index in [1.165, 1.54) is 17.4 Å². The summed E-state index contributed by atoms with van der Waals surface area (Å²) >= 11 is 1.44. The number of nitrogen functional groups attached to an aromatic ring is 1. The van der Waals surface area contributed by atoms with Gasteiger partial charge in [0.05, 0.1) is 19.3 Å². The van der Waals surface area contributed by atoms with Crippen molar-refractivity contribution in [2.75, 3.05) is 24.7 Å². The van der Waals surface area contributed by atoms with E-state index in [0.29, 0.717) is 48.8 Å². The molecule has 0 saturated carbocycles. The SMILES string of the molecule is COc1ccccc1/C=C/C(=O)Nc1sc2c(c1N)CCN(C(=O)CCc1cccnc1)C2. The minimum atomic E-state index is -0.268. The average Bonchev–Trinajstić information content (AvgIpc) is 3.16. The van der Waals surface area contributed by atoms with Crippen LogP contribution in [0.15, 0.2) is 54.9 Å². The second-order valence-corrected chi connectivity index (χ2v) is 8.84. The van der Waals surface area contributed by atoms with E-state index in [-0.39, 0.29) is 11.8 Å². The third-order valence-electron chi connectivity index (χ3n) is 5.59. The number of benzene rings is 1. The third-order valence-corrected chi connectivity index (χ3v) is 6.74. The van der Waals surface area contributed by atoms with Crippen molar-refractivity contribution in [2.45, 2.75) is 25.8 Å². The number of hydrogen-bond donors (Lipinski definition) is 2. The van der Waals surface area contributed by atoms with Gasteiger partial charge in [0, 0.05) is 41.9 Å². The van der Waals surface area contributed by atoms with Gasteiger partial charge in [-0.15, -0.1) is 11.3 Å². The maximum Gasteiger partial charge on any atom is 0.249 e. The maximum atomic E-state index is 12.7. The van der Waals surface area contributed by atoms with Crippen LogP contribution < -0.4 is 15.8 Å². The first-order valence-corrected chi connectivity index (χ1v) is 11.6. The third kappa shape index (κ3) is 5.40. The van der Waals surface area contributed by atoms with Crippen LogP contribution in [0.5, 0.6) is 5.75 Å². The second kappa shape index (κ2) is 10.3. The molecule has 33 heavy (non-hydrogen) atoms. The van der Waals surface area contributed by atoms with Gasteiger partial charge in [-0.25, -0.2) is 0 Å². The molecule has 0 saturated heterocycles. The van der Waals surface area contributed by atoms with E-state index >= 15 is 0 Å². The van der Waals surface area contributed by atoms with Crippen LogP contribution in [0.25, 0.3) is 6.08 Å². The first-order chi connectivity index (χ1) is 16.0. The number of pyridine rings is 1. The number of aryl methyl sites for hydroxylation is 1. The highest BCUT2D eigenvalue weighted by molar-refractivity contribution is 7.17. The number of aromatic nitrogens is 1. The zero-order valence-electron chi connectivity index (χ0n) is 18.4. The Balaban J connectivity index is 1.38. The molecule has 7 nitrogen and oxygen atoms in total. The summed E-state index contributed by atoms with van der Waals surface area (Å²) in [7, 11) is 1.59. The van der Waals surface area contributed by atoms with E-state index in [4.69, 9.17) is 10.5 Å². The number of thiophene rings is 1. The molecule has 170 valence electrons. The van der Waals surface area contributed by atoms with Gasteiger partial charge in [0.2, 0.25) is 11.8 Å². The van der Waals surface area contributed by atoms with Crippen LogP contribution >= 0.6 is 11.3 Å². The Hall–Kier alpha value is -3.65. The van der Waals surface area contributed by atoms with E-state index in [2.05, 4.69) is 10.3 Å². The van der Waals surface area contributed by atoms with Crippen LogP contribution in [0.1, 0.15) is 28.0 Å². The topological polar surface area (TPSA) is 97.5 Å². The van der Waals surface area contributed by atoms with E-state index in [9.17, 15) is 9.59 Å². The zero-order valence-corrected chi connectivity index (χ0v) is 19.2. The predicted octanol–water partition coefficient (Wildman–Crippen LogP) is 3.90. The monoisotopic (exact) mass is 462 g/mol. The first-order valence-electron chi connectivity index (χ1n) is 10.7. The first kappa shape index (κ1) is 22.5. The van der Waals surface area contributed by atoms with E-state index < -0.39 is 0 Å². The number of fused-ring (bicyclic) bond motifs is 1. The molecule has 3 aromatic rings. The Labute approximate surface area is 196 Å². The lowest BCUT2D eigenvalue weighted by Gasteiger charge is -2.27. The number of anilines is 2. The van der Waals surface area contributed by atoms with Crippen molar-refractivity contribution >= 4 is 39.9 Å². The predicted molar refractivity (Wildman–Crippen MR) is 131 cm³/mol. The lowest BCUT2D eigenvalue weighted by Crippen LogP contribution is -2.35. The van der Waals surface area contributed by atoms with Crippen LogP contribution in [-0.2, 0) is 29.0 Å². The molecule has 1 aliphatic rings. The van der Waals surface area contributed by atoms with Crippen LogP contribution in [0, 0.1) is 0 Å². The Bertz CT molecular complexity index is 1170. The number of nitrogens with one attached hydrogen (secondary N) is 1. The quantitative estimate of drug-likeness (QED) is 0.519. The van der Waals surface area contributed by atoms with Crippen molar-refractivity contribution in [3.63, 3.8) is 0 Å². The van der Waals surface area contributed by atoms with Gasteiger partial charge in [0.15, 0.2) is 0 Å². The number of nitrogens with two attached hydrogens (primary N) is 1. The number of ether oxygens (including phenoxy) is 1. The second-order valence-electron chi connectivity index (χ2n) is 7.74. The maximum absolute atomic E-state index is 12.7. The molecule has 0 spiro atoms. The molecule has 1 aromatic carbocycles. The minimum Gasteiger partial charge on any atom is -0.496 e. The van der Waals surface area contributed by atoms with Crippen LogP contribution in [-0.4, -0.2) is 35.4 Å². The Morgan fingerprint density at radius 2 is 2.12 bits per heavy atom. The highest BCUT2D eigenvalue weighted by atomic mass is 32.1. The number of carbonyl (C=O) groups is 2. The van der Waals surface area contributed by atoms with Crippen molar-refractivity contribution in [3.05, 3.63) is 76.4 Å². The summed E-state index contributed by atoms with van der Waals surface area (Å²) in [4.78, 5) is 32.2. The standard InChI is InChI=1S/C25H26N4O3S/c1-32-20-7-3-2-6-18(20)9-10-22(30)28-25-24(26)19-12-14-29(16-21(19)33-25)23(31)11-8-17-5-4-13-27-15-17/h2-7,9-10,13,15H,8,11-12,14,16,26H2,1H3,(H,28,30)/b10-9+. The highest BCUT2D eigenvalue weighted by Crippen LogP contribution is 2.39. The average molecular weight is 463 g/mol. The van der Waals surface area contributed by atoms with Crippen LogP contribution in [0.2, 0.25) is 0 Å². The molecule has 0 aliphatic carbocycles. The van der Waals surface area contributed by atoms with E-state index in [0.717, 1.165) is 21.6 Å². The highest BCUT2D eigenvalue weighted by Gasteiger charge is 2.26. The molecule has 0 atom stereocenters. The van der Waals surface area contributed by atoms with Crippen LogP contribution in [0.4, 0.5) is 10.7 Å². The molecular weight excluding hydrogens is 436 g/mol. The number of methoxy groups -OCH3 is 1. The van der Waals surface area contributed by atoms with Crippen molar-refractivity contribution < 1.29 is 14.3 Å². The minimum absolute atomic E-state index is 0.113. The van der Waals surface area contributed by atoms with Gasteiger partial charge < -0.3 is 20.7 Å². The van der Waals surface area contributed by atoms with Gasteiger partial charge >= 0.3 is 0 Å². The molecule has 2 aromatic heterocycles. The fraction of sp³-hybridized carbons (Fsp3) is 0.240. The molecule has 0 radical (unpaired) electrons. The number of para-hydroxylation sites is 1. The number of nitrogens with zero attached hydrogens (tertiary/aromatic N) is 2. The molecule has 1 aliphatic heterocycles.